The number of alkyl halides is 3. The molecule has 0 aliphatic heterocycles. The van der Waals surface area contributed by atoms with Crippen LogP contribution in [0.25, 0.3) is 11.0 Å². The molecule has 0 spiro atoms. The SMILES string of the molecule is N#CC(C#N)=CNc1ccc2c(C(F)(F)F)cc(=O)oc2c1. The van der Waals surface area contributed by atoms with Gasteiger partial charge in [-0.05, 0) is 12.1 Å². The molecular weight excluding hydrogens is 299 g/mol. The predicted molar refractivity (Wildman–Crippen MR) is 70.4 cm³/mol. The van der Waals surface area contributed by atoms with Gasteiger partial charge in [-0.25, -0.2) is 4.79 Å². The van der Waals surface area contributed by atoms with Gasteiger partial charge in [-0.15, -0.1) is 0 Å². The normalized spacial score (nSPS) is 10.6. The molecule has 1 N–H and O–H groups in total. The van der Waals surface area contributed by atoms with Gasteiger partial charge in [0, 0.05) is 29.4 Å². The summed E-state index contributed by atoms with van der Waals surface area (Å²) in [6.45, 7) is 0. The number of hydrogen-bond donors (Lipinski definition) is 1. The molecule has 0 fully saturated rings. The van der Waals surface area contributed by atoms with Crippen LogP contribution in [0.15, 0.2) is 45.3 Å². The quantitative estimate of drug-likeness (QED) is 0.680. The highest BCUT2D eigenvalue weighted by atomic mass is 19.4. The van der Waals surface area contributed by atoms with E-state index in [2.05, 4.69) is 5.32 Å². The molecule has 22 heavy (non-hydrogen) atoms. The fourth-order valence-corrected chi connectivity index (χ4v) is 1.73. The third-order valence-electron chi connectivity index (χ3n) is 2.67. The molecule has 1 heterocycles. The largest absolute Gasteiger partial charge is 0.423 e. The summed E-state index contributed by atoms with van der Waals surface area (Å²) >= 11 is 0. The Hall–Kier alpha value is -3.26. The number of nitrogens with one attached hydrogen (secondary N) is 1. The van der Waals surface area contributed by atoms with Gasteiger partial charge < -0.3 is 9.73 Å². The van der Waals surface area contributed by atoms with Gasteiger partial charge in [0.25, 0.3) is 0 Å². The monoisotopic (exact) mass is 305 g/mol. The van der Waals surface area contributed by atoms with Crippen molar-refractivity contribution >= 4 is 16.7 Å². The lowest BCUT2D eigenvalue weighted by Crippen LogP contribution is -2.11. The Morgan fingerprint density at radius 2 is 1.91 bits per heavy atom. The van der Waals surface area contributed by atoms with Gasteiger partial charge in [0.2, 0.25) is 0 Å². The lowest BCUT2D eigenvalue weighted by atomic mass is 10.1. The Morgan fingerprint density at radius 1 is 1.23 bits per heavy atom. The van der Waals surface area contributed by atoms with Gasteiger partial charge in [-0.3, -0.25) is 0 Å². The molecule has 110 valence electrons. The van der Waals surface area contributed by atoms with Crippen LogP contribution in [-0.2, 0) is 6.18 Å². The molecule has 0 amide bonds. The summed E-state index contributed by atoms with van der Waals surface area (Å²) in [4.78, 5) is 11.2. The lowest BCUT2D eigenvalue weighted by Gasteiger charge is -2.09. The Labute approximate surface area is 121 Å². The summed E-state index contributed by atoms with van der Waals surface area (Å²) in [7, 11) is 0. The van der Waals surface area contributed by atoms with E-state index in [4.69, 9.17) is 14.9 Å². The molecular formula is C14H6F3N3O2. The molecule has 0 bridgehead atoms. The van der Waals surface area contributed by atoms with Crippen molar-refractivity contribution in [1.29, 1.82) is 10.5 Å². The molecule has 1 aromatic heterocycles. The van der Waals surface area contributed by atoms with Crippen LogP contribution in [0.5, 0.6) is 0 Å². The molecule has 0 aliphatic carbocycles. The highest BCUT2D eigenvalue weighted by Crippen LogP contribution is 2.34. The van der Waals surface area contributed by atoms with Crippen molar-refractivity contribution in [3.63, 3.8) is 0 Å². The molecule has 8 heteroatoms. The first kappa shape index (κ1) is 15.1. The van der Waals surface area contributed by atoms with Crippen LogP contribution in [0.4, 0.5) is 18.9 Å². The van der Waals surface area contributed by atoms with Crippen LogP contribution < -0.4 is 10.9 Å². The Kier molecular flexibility index (Phi) is 3.87. The number of nitriles is 2. The molecule has 0 unspecified atom stereocenters. The first-order chi connectivity index (χ1) is 10.3. The van der Waals surface area contributed by atoms with Gasteiger partial charge >= 0.3 is 11.8 Å². The van der Waals surface area contributed by atoms with E-state index < -0.39 is 17.4 Å². The molecule has 2 aromatic rings. The van der Waals surface area contributed by atoms with Crippen LogP contribution in [0.1, 0.15) is 5.56 Å². The lowest BCUT2D eigenvalue weighted by molar-refractivity contribution is -0.136. The van der Waals surface area contributed by atoms with E-state index in [9.17, 15) is 18.0 Å². The average molecular weight is 305 g/mol. The van der Waals surface area contributed by atoms with Gasteiger partial charge in [0.05, 0.1) is 5.56 Å². The number of anilines is 1. The predicted octanol–water partition coefficient (Wildman–Crippen LogP) is 3.15. The number of benzene rings is 1. The summed E-state index contributed by atoms with van der Waals surface area (Å²) < 4.78 is 43.3. The molecule has 0 radical (unpaired) electrons. The maximum atomic E-state index is 12.9. The second kappa shape index (κ2) is 5.62. The Balaban J connectivity index is 2.53. The average Bonchev–Trinajstić information content (AvgIpc) is 2.46. The molecule has 0 atom stereocenters. The number of nitrogens with zero attached hydrogens (tertiary/aromatic N) is 2. The minimum atomic E-state index is -4.68. The zero-order chi connectivity index (χ0) is 16.3. The number of halogens is 3. The van der Waals surface area contributed by atoms with Crippen LogP contribution in [0.2, 0.25) is 0 Å². The van der Waals surface area contributed by atoms with Crippen molar-refractivity contribution in [1.82, 2.24) is 0 Å². The van der Waals surface area contributed by atoms with Gasteiger partial charge in [-0.1, -0.05) is 0 Å². The number of hydrogen-bond acceptors (Lipinski definition) is 5. The summed E-state index contributed by atoms with van der Waals surface area (Å²) in [5.74, 6) is 0. The minimum Gasteiger partial charge on any atom is -0.423 e. The van der Waals surface area contributed by atoms with Crippen molar-refractivity contribution in [2.24, 2.45) is 0 Å². The summed E-state index contributed by atoms with van der Waals surface area (Å²) in [5.41, 5.74) is -2.42. The summed E-state index contributed by atoms with van der Waals surface area (Å²) in [6.07, 6.45) is -3.59. The fraction of sp³-hybridized carbons (Fsp3) is 0.0714. The van der Waals surface area contributed by atoms with Crippen molar-refractivity contribution in [3.05, 3.63) is 52.0 Å². The van der Waals surface area contributed by atoms with Crippen LogP contribution in [0.3, 0.4) is 0 Å². The van der Waals surface area contributed by atoms with Gasteiger partial charge in [0.15, 0.2) is 0 Å². The third kappa shape index (κ3) is 3.07. The number of allylic oxidation sites excluding steroid dienone is 1. The Bertz CT molecular complexity index is 883. The zero-order valence-electron chi connectivity index (χ0n) is 10.7. The van der Waals surface area contributed by atoms with Crippen molar-refractivity contribution in [2.75, 3.05) is 5.32 Å². The van der Waals surface area contributed by atoms with E-state index in [1.807, 2.05) is 0 Å². The highest BCUT2D eigenvalue weighted by molar-refractivity contribution is 5.84. The Morgan fingerprint density at radius 3 is 2.50 bits per heavy atom. The van der Waals surface area contributed by atoms with Crippen LogP contribution >= 0.6 is 0 Å². The molecule has 1 aromatic carbocycles. The van der Waals surface area contributed by atoms with Crippen LogP contribution in [0, 0.1) is 22.7 Å². The highest BCUT2D eigenvalue weighted by Gasteiger charge is 2.33. The van der Waals surface area contributed by atoms with Crippen LogP contribution in [-0.4, -0.2) is 0 Å². The molecule has 0 saturated heterocycles. The number of rotatable bonds is 2. The van der Waals surface area contributed by atoms with Gasteiger partial charge in [0.1, 0.15) is 23.3 Å². The first-order valence-corrected chi connectivity index (χ1v) is 5.77. The fourth-order valence-electron chi connectivity index (χ4n) is 1.73. The van der Waals surface area contributed by atoms with E-state index in [-0.39, 0.29) is 22.2 Å². The molecule has 0 aliphatic rings. The zero-order valence-corrected chi connectivity index (χ0v) is 10.7. The molecule has 5 nitrogen and oxygen atoms in total. The maximum absolute atomic E-state index is 12.9. The first-order valence-electron chi connectivity index (χ1n) is 5.77. The minimum absolute atomic E-state index is 0.217. The topological polar surface area (TPSA) is 89.8 Å². The smallest absolute Gasteiger partial charge is 0.417 e. The van der Waals surface area contributed by atoms with E-state index in [1.165, 1.54) is 12.1 Å². The van der Waals surface area contributed by atoms with E-state index >= 15 is 0 Å². The summed E-state index contributed by atoms with van der Waals surface area (Å²) in [6, 6.07) is 7.23. The third-order valence-corrected chi connectivity index (χ3v) is 2.67. The maximum Gasteiger partial charge on any atom is 0.417 e. The van der Waals surface area contributed by atoms with Crippen molar-refractivity contribution in [2.45, 2.75) is 6.18 Å². The van der Waals surface area contributed by atoms with Gasteiger partial charge in [-0.2, -0.15) is 23.7 Å². The van der Waals surface area contributed by atoms with E-state index in [0.29, 0.717) is 6.07 Å². The standard InChI is InChI=1S/C14H6F3N3O2/c15-14(16,17)11-4-13(21)22-12-3-9(1-2-10(11)12)20-7-8(5-18)6-19/h1-4,7,20H. The van der Waals surface area contributed by atoms with E-state index in [0.717, 1.165) is 12.3 Å². The molecule has 0 saturated carbocycles. The van der Waals surface area contributed by atoms with E-state index in [1.54, 1.807) is 12.1 Å². The van der Waals surface area contributed by atoms with Crippen molar-refractivity contribution in [3.8, 4) is 12.1 Å². The number of fused-ring (bicyclic) bond motifs is 1. The second-order valence-corrected chi connectivity index (χ2v) is 4.11. The molecule has 2 rings (SSSR count). The second-order valence-electron chi connectivity index (χ2n) is 4.11. The summed E-state index contributed by atoms with van der Waals surface area (Å²) in [5, 5.41) is 19.4. The van der Waals surface area contributed by atoms with Crippen molar-refractivity contribution < 1.29 is 17.6 Å².